The number of nitrogens with zero attached hydrogens (tertiary/aromatic N) is 11. The summed E-state index contributed by atoms with van der Waals surface area (Å²) in [5.74, 6) is -1.74. The maximum Gasteiger partial charge on any atom is 0.410 e. The minimum atomic E-state index is -3.67. The first kappa shape index (κ1) is 84.8. The highest BCUT2D eigenvalue weighted by molar-refractivity contribution is 9.10. The summed E-state index contributed by atoms with van der Waals surface area (Å²) < 4.78 is 61.3. The molecule has 30 nitrogen and oxygen atoms in total. The maximum atomic E-state index is 13.0. The summed E-state index contributed by atoms with van der Waals surface area (Å²) in [5, 5.41) is 26.7. The molecule has 0 spiro atoms. The van der Waals surface area contributed by atoms with Crippen molar-refractivity contribution < 1.29 is 80.0 Å². The van der Waals surface area contributed by atoms with Crippen molar-refractivity contribution in [2.75, 3.05) is 67.7 Å². The van der Waals surface area contributed by atoms with Gasteiger partial charge in [-0.25, -0.2) is 33.6 Å². The number of hydrazone groups is 1. The van der Waals surface area contributed by atoms with Crippen LogP contribution in [0.15, 0.2) is 112 Å². The number of ether oxygens (including phenoxy) is 6. The van der Waals surface area contributed by atoms with E-state index < -0.39 is 45.1 Å². The number of aryl methyl sites for hydroxylation is 5. The van der Waals surface area contributed by atoms with Gasteiger partial charge in [-0.05, 0) is 154 Å². The minimum Gasteiger partial charge on any atom is -0.464 e. The fraction of sp³-hybridized carbons (Fsp3) is 0.413. The van der Waals surface area contributed by atoms with Gasteiger partial charge in [-0.2, -0.15) is 33.9 Å². The fourth-order valence-corrected chi connectivity index (χ4v) is 13.1. The molecule has 5 aromatic carbocycles. The van der Waals surface area contributed by atoms with Gasteiger partial charge < -0.3 is 43.5 Å². The van der Waals surface area contributed by atoms with Crippen LogP contribution in [0.4, 0.5) is 9.59 Å². The summed E-state index contributed by atoms with van der Waals surface area (Å²) in [7, 11) is 8.61. The highest BCUT2D eigenvalue weighted by Gasteiger charge is 2.32. The Bertz CT molecular complexity index is 4950. The van der Waals surface area contributed by atoms with E-state index in [4.69, 9.17) is 18.9 Å². The molecule has 4 aromatic heterocycles. The zero-order valence-electron chi connectivity index (χ0n) is 63.0. The number of aromatic nitrogens is 8. The first-order chi connectivity index (χ1) is 50.6. The van der Waals surface area contributed by atoms with Crippen LogP contribution in [0, 0.1) is 18.8 Å². The predicted octanol–water partition coefficient (Wildman–Crippen LogP) is 11.1. The number of piperidine rings is 3. The molecule has 0 unspecified atom stereocenters. The SMILES string of the molecule is COC(=O)c1nn(C)c2cc(Br)ccc12.COC(=O)c1nn(C)c2cc(C(=O)C3CCN(C(=O)OC(C)(C)C)CC3)ccc12.COC(=O)c1nn(C)c2cc(C(=O)C3CCNCC3)ccc12.COC(=O)c1nn(C)c2cc(C=O)ccc12.Cc1ccc(S(=O)(=O)NN=C2CCN(C(=O)OC(C)(C)C)CC2)cc1.Cl. The fourth-order valence-electron chi connectivity index (χ4n) is 11.9. The molecule has 12 rings (SSSR count). The zero-order valence-corrected chi connectivity index (χ0v) is 66.2. The van der Waals surface area contributed by atoms with Crippen LogP contribution >= 0.6 is 28.3 Å². The van der Waals surface area contributed by atoms with Crippen molar-refractivity contribution in [3.05, 3.63) is 147 Å². The molecule has 3 saturated heterocycles. The Morgan fingerprint density at radius 3 is 1.27 bits per heavy atom. The topological polar surface area (TPSA) is 357 Å². The van der Waals surface area contributed by atoms with Crippen molar-refractivity contribution in [3.8, 4) is 0 Å². The molecule has 0 radical (unpaired) electrons. The second-order valence-electron chi connectivity index (χ2n) is 27.4. The standard InChI is InChI=1S/C21H27N3O5.C17H25N3O4S.C16H19N3O3.C11H10N2O3.C10H9BrN2O2.ClH/c1-21(2,3)29-20(27)24-10-8-13(9-11-24)18(25)14-6-7-15-16(12-14)23(4)22-17(15)19(26)28-5;1-13-5-7-15(8-6-13)25(22,23)19-18-14-9-11-20(12-10-14)16(21)24-17(2,3)4;1-19-13-9-11(15(20)10-5-7-17-8-6-10)3-4-12(13)14(18-19)16(21)22-2;1-13-9-5-7(6-14)3-4-8(9)10(12-13)11(15)16-2;1-13-8-5-6(11)3-4-7(8)9(12-13)10(14)15-2;/h6-7,12-13H,8-11H2,1-5H3;5-8,19H,9-12H2,1-4H3;3-4,9-10,17H,5-8H2,1-2H3;3-6H,1-2H3;3-5H,1-2H3;1H. The number of rotatable bonds is 12. The number of carbonyl (C=O) groups is 9. The maximum absolute atomic E-state index is 13.0. The van der Waals surface area contributed by atoms with E-state index in [1.807, 2.05) is 72.7 Å². The summed E-state index contributed by atoms with van der Waals surface area (Å²) in [6.07, 6.45) is 4.01. The van der Waals surface area contributed by atoms with Crippen LogP contribution in [0.3, 0.4) is 0 Å². The molecule has 3 aliphatic heterocycles. The van der Waals surface area contributed by atoms with Crippen LogP contribution < -0.4 is 10.1 Å². The average Bonchev–Trinajstić information content (AvgIpc) is 1.78. The van der Waals surface area contributed by atoms with Crippen LogP contribution in [0.25, 0.3) is 43.6 Å². The van der Waals surface area contributed by atoms with Crippen molar-refractivity contribution in [3.63, 3.8) is 0 Å². The minimum absolute atomic E-state index is 0. The van der Waals surface area contributed by atoms with E-state index in [1.165, 1.54) is 28.4 Å². The highest BCUT2D eigenvalue weighted by atomic mass is 79.9. The molecule has 108 heavy (non-hydrogen) atoms. The van der Waals surface area contributed by atoms with Crippen molar-refractivity contribution in [2.45, 2.75) is 103 Å². The molecule has 9 aromatic rings. The zero-order chi connectivity index (χ0) is 78.4. The summed E-state index contributed by atoms with van der Waals surface area (Å²) >= 11 is 3.37. The van der Waals surface area contributed by atoms with E-state index >= 15 is 0 Å². The largest absolute Gasteiger partial charge is 0.464 e. The molecule has 2 amide bonds. The second kappa shape index (κ2) is 36.9. The predicted molar refractivity (Wildman–Crippen MR) is 409 cm³/mol. The van der Waals surface area contributed by atoms with Gasteiger partial charge in [0.15, 0.2) is 34.3 Å². The number of methoxy groups -OCH3 is 4. The van der Waals surface area contributed by atoms with Gasteiger partial charge >= 0.3 is 36.1 Å². The van der Waals surface area contributed by atoms with Gasteiger partial charge in [-0.1, -0.05) is 51.8 Å². The number of likely N-dealkylation sites (tertiary alicyclic amines) is 2. The number of sulfonamides is 1. The monoisotopic (exact) mass is 1590 g/mol. The molecular weight excluding hydrogens is 1500 g/mol. The average molecular weight is 1590 g/mol. The second-order valence-corrected chi connectivity index (χ2v) is 30.0. The molecule has 0 bridgehead atoms. The molecule has 33 heteroatoms. The van der Waals surface area contributed by atoms with Gasteiger partial charge in [-0.3, -0.25) is 33.1 Å². The first-order valence-electron chi connectivity index (χ1n) is 34.3. The lowest BCUT2D eigenvalue weighted by Crippen LogP contribution is -2.43. The third-order valence-electron chi connectivity index (χ3n) is 17.5. The highest BCUT2D eigenvalue weighted by Crippen LogP contribution is 2.30. The molecule has 2 N–H and O–H groups in total. The Balaban J connectivity index is 0.000000191. The smallest absolute Gasteiger partial charge is 0.410 e. The molecular formula is C75H91BrClN13O17S. The number of carbonyl (C=O) groups excluding carboxylic acids is 9. The van der Waals surface area contributed by atoms with Gasteiger partial charge in [0.2, 0.25) is 0 Å². The lowest BCUT2D eigenvalue weighted by molar-refractivity contribution is 0.0180. The van der Waals surface area contributed by atoms with Crippen molar-refractivity contribution in [2.24, 2.45) is 45.1 Å². The van der Waals surface area contributed by atoms with E-state index in [1.54, 1.807) is 130 Å². The number of aldehydes is 1. The van der Waals surface area contributed by atoms with Crippen molar-refractivity contribution in [1.29, 1.82) is 0 Å². The Hall–Kier alpha value is -10.4. The van der Waals surface area contributed by atoms with Crippen LogP contribution in [0.5, 0.6) is 0 Å². The van der Waals surface area contributed by atoms with Gasteiger partial charge in [0.1, 0.15) is 17.5 Å². The van der Waals surface area contributed by atoms with Gasteiger partial charge in [0, 0.05) is 127 Å². The van der Waals surface area contributed by atoms with Crippen molar-refractivity contribution >= 4 is 142 Å². The number of hydrogen-bond acceptors (Lipinski definition) is 23. The molecule has 0 aliphatic carbocycles. The van der Waals surface area contributed by atoms with Gasteiger partial charge in [-0.15, -0.1) is 12.4 Å². The Morgan fingerprint density at radius 1 is 0.519 bits per heavy atom. The number of esters is 4. The summed E-state index contributed by atoms with van der Waals surface area (Å²) in [6, 6.07) is 27.8. The summed E-state index contributed by atoms with van der Waals surface area (Å²) in [5.41, 5.74) is 6.64. The lowest BCUT2D eigenvalue weighted by atomic mass is 9.88. The van der Waals surface area contributed by atoms with Crippen LogP contribution in [0.1, 0.15) is 159 Å². The summed E-state index contributed by atoms with van der Waals surface area (Å²) in [6.45, 7) is 16.5. The third-order valence-corrected chi connectivity index (χ3v) is 19.2. The quantitative estimate of drug-likeness (QED) is 0.0377. The normalized spacial score (nSPS) is 14.0. The van der Waals surface area contributed by atoms with E-state index in [9.17, 15) is 51.6 Å². The van der Waals surface area contributed by atoms with E-state index in [-0.39, 0.29) is 70.0 Å². The molecule has 7 heterocycles. The number of ketones is 2. The van der Waals surface area contributed by atoms with Gasteiger partial charge in [0.05, 0.1) is 55.4 Å². The Morgan fingerprint density at radius 2 is 0.880 bits per heavy atom. The molecule has 578 valence electrons. The molecule has 3 fully saturated rings. The van der Waals surface area contributed by atoms with Crippen LogP contribution in [-0.2, 0) is 66.6 Å². The third kappa shape index (κ3) is 21.5. The number of benzene rings is 5. The Labute approximate surface area is 639 Å². The molecule has 0 atom stereocenters. The number of amides is 2. The number of halogens is 2. The Kier molecular flexibility index (Phi) is 29.0. The van der Waals surface area contributed by atoms with Crippen LogP contribution in [0.2, 0.25) is 0 Å². The number of fused-ring (bicyclic) bond motifs is 4. The lowest BCUT2D eigenvalue weighted by Gasteiger charge is -2.33. The van der Waals surface area contributed by atoms with Crippen molar-refractivity contribution in [1.82, 2.24) is 59.1 Å². The molecule has 0 saturated carbocycles. The van der Waals surface area contributed by atoms with E-state index in [0.717, 1.165) is 69.9 Å². The summed E-state index contributed by atoms with van der Waals surface area (Å²) in [4.78, 5) is 113. The van der Waals surface area contributed by atoms with Crippen LogP contribution in [-0.4, -0.2) is 196 Å². The first-order valence-corrected chi connectivity index (χ1v) is 36.6. The van der Waals surface area contributed by atoms with Gasteiger partial charge in [0.25, 0.3) is 10.0 Å². The number of hydrogen-bond donors (Lipinski definition) is 2. The number of nitrogens with one attached hydrogen (secondary N) is 2. The number of Topliss-reactive ketones (excluding diaryl/α,β-unsaturated/α-hetero) is 2. The molecule has 3 aliphatic rings. The van der Waals surface area contributed by atoms with E-state index in [2.05, 4.69) is 61.0 Å². The van der Waals surface area contributed by atoms with E-state index in [0.29, 0.717) is 95.9 Å².